The molecule has 9 heteroatoms. The van der Waals surface area contributed by atoms with Crippen LogP contribution in [0.3, 0.4) is 0 Å². The van der Waals surface area contributed by atoms with Crippen LogP contribution >= 0.6 is 0 Å². The number of likely N-dealkylation sites (N-methyl/N-ethyl adjacent to an activating group) is 1. The van der Waals surface area contributed by atoms with Crippen LogP contribution in [0.2, 0.25) is 0 Å². The molecular weight excluding hydrogens is 468 g/mol. The smallest absolute Gasteiger partial charge is 0.250 e. The van der Waals surface area contributed by atoms with E-state index in [4.69, 9.17) is 9.47 Å². The van der Waals surface area contributed by atoms with Crippen molar-refractivity contribution in [1.82, 2.24) is 19.9 Å². The van der Waals surface area contributed by atoms with Gasteiger partial charge >= 0.3 is 0 Å². The van der Waals surface area contributed by atoms with E-state index in [1.165, 1.54) is 6.33 Å². The van der Waals surface area contributed by atoms with Crippen molar-refractivity contribution in [3.63, 3.8) is 0 Å². The number of hydrogen-bond acceptors (Lipinski definition) is 8. The molecule has 4 aromatic rings. The molecule has 0 saturated carbocycles. The van der Waals surface area contributed by atoms with Gasteiger partial charge < -0.3 is 24.6 Å². The van der Waals surface area contributed by atoms with Crippen molar-refractivity contribution in [2.24, 2.45) is 0 Å². The van der Waals surface area contributed by atoms with E-state index < -0.39 is 0 Å². The number of carbonyl (C=O) groups excluding carboxylic acids is 1. The zero-order valence-corrected chi connectivity index (χ0v) is 20.8. The molecule has 0 fully saturated rings. The van der Waals surface area contributed by atoms with Gasteiger partial charge in [-0.1, -0.05) is 12.1 Å². The van der Waals surface area contributed by atoms with E-state index in [2.05, 4.69) is 20.3 Å². The summed E-state index contributed by atoms with van der Waals surface area (Å²) in [6.45, 7) is 1.99. The largest absolute Gasteiger partial charge is 0.489 e. The lowest BCUT2D eigenvalue weighted by molar-refractivity contribution is -0.114. The second kappa shape index (κ2) is 11.0. The number of benzene rings is 2. The third-order valence-corrected chi connectivity index (χ3v) is 5.83. The van der Waals surface area contributed by atoms with Crippen LogP contribution in [-0.4, -0.2) is 59.6 Å². The summed E-state index contributed by atoms with van der Waals surface area (Å²) in [5, 5.41) is 4.10. The number of aromatic nitrogens is 3. The molecule has 2 aromatic heterocycles. The fraction of sp³-hybridized carbons (Fsp3) is 0.214. The molecule has 2 aromatic carbocycles. The maximum atomic E-state index is 12.9. The second-order valence-corrected chi connectivity index (χ2v) is 8.83. The average molecular weight is 497 g/mol. The Bertz CT molecular complexity index is 1410. The average Bonchev–Trinajstić information content (AvgIpc) is 2.92. The van der Waals surface area contributed by atoms with Gasteiger partial charge in [0.1, 0.15) is 31.1 Å². The second-order valence-electron chi connectivity index (χ2n) is 8.83. The monoisotopic (exact) mass is 496 g/mol. The fourth-order valence-electron chi connectivity index (χ4n) is 4.03. The molecule has 5 rings (SSSR count). The van der Waals surface area contributed by atoms with E-state index in [-0.39, 0.29) is 5.91 Å². The van der Waals surface area contributed by atoms with Gasteiger partial charge in [-0.3, -0.25) is 9.78 Å². The van der Waals surface area contributed by atoms with Crippen molar-refractivity contribution in [2.45, 2.75) is 6.61 Å². The number of anilines is 3. The van der Waals surface area contributed by atoms with E-state index in [9.17, 15) is 4.79 Å². The molecule has 0 saturated heterocycles. The zero-order valence-electron chi connectivity index (χ0n) is 20.8. The van der Waals surface area contributed by atoms with Gasteiger partial charge in [-0.2, -0.15) is 0 Å². The number of amides is 1. The molecular formula is C28H28N6O3. The molecule has 37 heavy (non-hydrogen) atoms. The van der Waals surface area contributed by atoms with Crippen molar-refractivity contribution in [3.05, 3.63) is 85.0 Å². The first-order chi connectivity index (χ1) is 18.1. The normalized spacial score (nSPS) is 13.0. The minimum absolute atomic E-state index is 0.0843. The van der Waals surface area contributed by atoms with Crippen LogP contribution in [0.1, 0.15) is 5.56 Å². The molecule has 0 aliphatic carbocycles. The molecule has 9 nitrogen and oxygen atoms in total. The van der Waals surface area contributed by atoms with Gasteiger partial charge in [-0.15, -0.1) is 0 Å². The van der Waals surface area contributed by atoms with Crippen LogP contribution < -0.4 is 19.7 Å². The predicted octanol–water partition coefficient (Wildman–Crippen LogP) is 4.19. The Kier molecular flexibility index (Phi) is 7.23. The van der Waals surface area contributed by atoms with Gasteiger partial charge in [0.15, 0.2) is 5.75 Å². The first kappa shape index (κ1) is 24.2. The lowest BCUT2D eigenvalue weighted by atomic mass is 10.1. The van der Waals surface area contributed by atoms with E-state index >= 15 is 0 Å². The molecule has 0 radical (unpaired) electrons. The standard InChI is InChI=1S/C28H28N6O3/c1-33(2)14-4-6-25(35)34-15-16-36-27-24(34)12-11-23-26(27)28(31-19-30-23)32-21-7-9-22(10-8-21)37-18-20-5-3-13-29-17-20/h3-13,17,19H,14-16,18H2,1-2H3,(H,30,31,32)/b6-4+. The maximum Gasteiger partial charge on any atom is 0.250 e. The number of nitrogens with zero attached hydrogens (tertiary/aromatic N) is 5. The molecule has 1 N–H and O–H groups in total. The number of fused-ring (bicyclic) bond motifs is 3. The number of ether oxygens (including phenoxy) is 2. The highest BCUT2D eigenvalue weighted by atomic mass is 16.5. The fourth-order valence-corrected chi connectivity index (χ4v) is 4.03. The van der Waals surface area contributed by atoms with Crippen molar-refractivity contribution < 1.29 is 14.3 Å². The molecule has 3 heterocycles. The minimum Gasteiger partial charge on any atom is -0.489 e. The molecule has 0 spiro atoms. The highest BCUT2D eigenvalue weighted by Gasteiger charge is 2.26. The Balaban J connectivity index is 1.37. The van der Waals surface area contributed by atoms with Gasteiger partial charge in [0.2, 0.25) is 0 Å². The number of carbonyl (C=O) groups is 1. The summed E-state index contributed by atoms with van der Waals surface area (Å²) in [5.74, 6) is 1.86. The highest BCUT2D eigenvalue weighted by molar-refractivity contribution is 6.07. The summed E-state index contributed by atoms with van der Waals surface area (Å²) < 4.78 is 11.9. The summed E-state index contributed by atoms with van der Waals surface area (Å²) in [6.07, 6.45) is 8.50. The molecule has 0 bridgehead atoms. The first-order valence-electron chi connectivity index (χ1n) is 12.0. The van der Waals surface area contributed by atoms with Crippen LogP contribution in [-0.2, 0) is 11.4 Å². The third-order valence-electron chi connectivity index (χ3n) is 5.83. The quantitative estimate of drug-likeness (QED) is 0.363. The summed E-state index contributed by atoms with van der Waals surface area (Å²) in [6, 6.07) is 15.3. The van der Waals surface area contributed by atoms with Crippen molar-refractivity contribution in [3.8, 4) is 11.5 Å². The van der Waals surface area contributed by atoms with Crippen LogP contribution in [0.5, 0.6) is 11.5 Å². The molecule has 1 aliphatic rings. The molecule has 1 amide bonds. The van der Waals surface area contributed by atoms with Gasteiger partial charge in [0, 0.05) is 36.3 Å². The van der Waals surface area contributed by atoms with Crippen molar-refractivity contribution in [1.29, 1.82) is 0 Å². The number of rotatable bonds is 8. The third kappa shape index (κ3) is 5.68. The molecule has 0 unspecified atom stereocenters. The van der Waals surface area contributed by atoms with Crippen LogP contribution in [0, 0.1) is 0 Å². The van der Waals surface area contributed by atoms with E-state index in [1.807, 2.05) is 73.6 Å². The topological polar surface area (TPSA) is 92.7 Å². The van der Waals surface area contributed by atoms with Gasteiger partial charge in [-0.05, 0) is 56.6 Å². The summed E-state index contributed by atoms with van der Waals surface area (Å²) >= 11 is 0. The van der Waals surface area contributed by atoms with Gasteiger partial charge in [0.25, 0.3) is 5.91 Å². The number of hydrogen-bond donors (Lipinski definition) is 1. The predicted molar refractivity (Wildman–Crippen MR) is 143 cm³/mol. The number of nitrogens with one attached hydrogen (secondary N) is 1. The van der Waals surface area contributed by atoms with Gasteiger partial charge in [0.05, 0.1) is 23.1 Å². The SMILES string of the molecule is CN(C)C/C=C/C(=O)N1CCOc2c1ccc1ncnc(Nc3ccc(OCc4cccnc4)cc3)c21. The molecule has 1 aliphatic heterocycles. The lowest BCUT2D eigenvalue weighted by Crippen LogP contribution is -2.37. The Morgan fingerprint density at radius 2 is 2.03 bits per heavy atom. The van der Waals surface area contributed by atoms with Crippen molar-refractivity contribution >= 4 is 34.0 Å². The Hall–Kier alpha value is -4.50. The van der Waals surface area contributed by atoms with Crippen molar-refractivity contribution in [2.75, 3.05) is 44.0 Å². The Morgan fingerprint density at radius 3 is 2.81 bits per heavy atom. The maximum absolute atomic E-state index is 12.9. The van der Waals surface area contributed by atoms with Gasteiger partial charge in [-0.25, -0.2) is 9.97 Å². The van der Waals surface area contributed by atoms with E-state index in [0.29, 0.717) is 43.6 Å². The Morgan fingerprint density at radius 1 is 1.16 bits per heavy atom. The zero-order chi connectivity index (χ0) is 25.6. The summed E-state index contributed by atoms with van der Waals surface area (Å²) in [4.78, 5) is 29.7. The minimum atomic E-state index is -0.0843. The van der Waals surface area contributed by atoms with E-state index in [0.717, 1.165) is 27.9 Å². The number of pyridine rings is 1. The van der Waals surface area contributed by atoms with Crippen LogP contribution in [0.15, 0.2) is 79.4 Å². The van der Waals surface area contributed by atoms with E-state index in [1.54, 1.807) is 23.4 Å². The van der Waals surface area contributed by atoms with Crippen LogP contribution in [0.25, 0.3) is 10.9 Å². The lowest BCUT2D eigenvalue weighted by Gasteiger charge is -2.30. The van der Waals surface area contributed by atoms with Crippen LogP contribution in [0.4, 0.5) is 17.2 Å². The first-order valence-corrected chi connectivity index (χ1v) is 12.0. The highest BCUT2D eigenvalue weighted by Crippen LogP contribution is 2.41. The Labute approximate surface area is 215 Å². The molecule has 188 valence electrons. The molecule has 0 atom stereocenters. The summed E-state index contributed by atoms with van der Waals surface area (Å²) in [5.41, 5.74) is 3.27. The summed E-state index contributed by atoms with van der Waals surface area (Å²) in [7, 11) is 3.92.